The molecule has 8 nitrogen and oxygen atoms in total. The van der Waals surface area contributed by atoms with E-state index in [1.54, 1.807) is 35.7 Å². The van der Waals surface area contributed by atoms with E-state index < -0.39 is 0 Å². The van der Waals surface area contributed by atoms with Crippen molar-refractivity contribution in [1.82, 2.24) is 29.7 Å². The Morgan fingerprint density at radius 3 is 2.91 bits per heavy atom. The number of rotatable bonds is 3. The number of nitrogens with one attached hydrogen (secondary N) is 1. The maximum Gasteiger partial charge on any atom is 0.266 e. The van der Waals surface area contributed by atoms with Crippen LogP contribution in [0.4, 0.5) is 5.82 Å². The van der Waals surface area contributed by atoms with Crippen molar-refractivity contribution in [3.63, 3.8) is 0 Å². The average molecular weight is 311 g/mol. The lowest BCUT2D eigenvalue weighted by molar-refractivity contribution is 0.334. The molecule has 1 aliphatic rings. The Balaban J connectivity index is 1.46. The third-order valence-corrected chi connectivity index (χ3v) is 4.33. The minimum absolute atomic E-state index is 0.0371. The van der Waals surface area contributed by atoms with Gasteiger partial charge in [0.25, 0.3) is 5.56 Å². The van der Waals surface area contributed by atoms with Gasteiger partial charge in [-0.3, -0.25) is 4.79 Å². The summed E-state index contributed by atoms with van der Waals surface area (Å²) in [7, 11) is 0. The molecule has 118 valence electrons. The molecule has 0 unspecified atom stereocenters. The van der Waals surface area contributed by atoms with Gasteiger partial charge in [-0.25, -0.2) is 19.6 Å². The lowest BCUT2D eigenvalue weighted by Crippen LogP contribution is -2.37. The predicted molar refractivity (Wildman–Crippen MR) is 85.1 cm³/mol. The molecule has 0 aromatic carbocycles. The third-order valence-electron chi connectivity index (χ3n) is 4.33. The van der Waals surface area contributed by atoms with Crippen LogP contribution in [0.3, 0.4) is 0 Å². The van der Waals surface area contributed by atoms with E-state index in [1.807, 2.05) is 0 Å². The van der Waals surface area contributed by atoms with Crippen molar-refractivity contribution >= 4 is 17.0 Å². The van der Waals surface area contributed by atoms with Gasteiger partial charge in [-0.1, -0.05) is 0 Å². The van der Waals surface area contributed by atoms with E-state index in [4.69, 9.17) is 0 Å². The molecule has 0 atom stereocenters. The fourth-order valence-corrected chi connectivity index (χ4v) is 3.09. The zero-order chi connectivity index (χ0) is 15.6. The van der Waals surface area contributed by atoms with Crippen molar-refractivity contribution in [2.75, 3.05) is 18.0 Å². The Hall–Kier alpha value is -2.77. The van der Waals surface area contributed by atoms with Gasteiger partial charge in [-0.05, 0) is 24.8 Å². The first-order valence-corrected chi connectivity index (χ1v) is 7.72. The first-order chi connectivity index (χ1) is 11.3. The molecule has 1 saturated heterocycles. The second-order valence-electron chi connectivity index (χ2n) is 5.77. The molecule has 1 aliphatic heterocycles. The molecule has 3 aromatic rings. The normalized spacial score (nSPS) is 16.1. The molecule has 0 spiro atoms. The molecule has 0 radical (unpaired) electrons. The topological polar surface area (TPSA) is 92.6 Å². The molecule has 0 amide bonds. The van der Waals surface area contributed by atoms with E-state index in [0.717, 1.165) is 37.3 Å². The Labute approximate surface area is 132 Å². The van der Waals surface area contributed by atoms with Crippen molar-refractivity contribution in [3.8, 4) is 0 Å². The molecule has 0 saturated carbocycles. The highest BCUT2D eigenvalue weighted by Crippen LogP contribution is 2.26. The molecule has 0 aliphatic carbocycles. The fraction of sp³-hybridized carbons (Fsp3) is 0.400. The molecule has 0 bridgehead atoms. The van der Waals surface area contributed by atoms with Crippen LogP contribution in [0.2, 0.25) is 0 Å². The van der Waals surface area contributed by atoms with Crippen LogP contribution >= 0.6 is 0 Å². The molecular formula is C15H17N7O. The molecule has 1 N–H and O–H groups in total. The number of imidazole rings is 1. The Kier molecular flexibility index (Phi) is 3.49. The number of piperidine rings is 1. The van der Waals surface area contributed by atoms with Gasteiger partial charge in [0.05, 0.1) is 6.33 Å². The number of anilines is 1. The number of H-pyrrole nitrogens is 1. The summed E-state index contributed by atoms with van der Waals surface area (Å²) < 4.78 is 1.55. The molecule has 1 fully saturated rings. The minimum Gasteiger partial charge on any atom is -0.355 e. The average Bonchev–Trinajstić information content (AvgIpc) is 3.06. The summed E-state index contributed by atoms with van der Waals surface area (Å²) in [5.74, 6) is 1.36. The summed E-state index contributed by atoms with van der Waals surface area (Å²) in [6.45, 7) is 2.48. The van der Waals surface area contributed by atoms with Crippen LogP contribution in [0, 0.1) is 5.92 Å². The van der Waals surface area contributed by atoms with E-state index in [-0.39, 0.29) is 5.56 Å². The van der Waals surface area contributed by atoms with Crippen LogP contribution in [0.1, 0.15) is 12.8 Å². The van der Waals surface area contributed by atoms with Crippen molar-refractivity contribution in [1.29, 1.82) is 0 Å². The quantitative estimate of drug-likeness (QED) is 0.770. The highest BCUT2D eigenvalue weighted by atomic mass is 16.1. The molecule has 4 rings (SSSR count). The molecule has 4 heterocycles. The molecular weight excluding hydrogens is 294 g/mol. The van der Waals surface area contributed by atoms with Crippen molar-refractivity contribution in [2.24, 2.45) is 5.92 Å². The van der Waals surface area contributed by atoms with E-state index in [1.165, 1.54) is 0 Å². The largest absolute Gasteiger partial charge is 0.355 e. The second-order valence-corrected chi connectivity index (χ2v) is 5.77. The number of fused-ring (bicyclic) bond motifs is 1. The summed E-state index contributed by atoms with van der Waals surface area (Å²) in [5, 5.41) is 4.14. The van der Waals surface area contributed by atoms with Gasteiger partial charge < -0.3 is 9.88 Å². The molecule has 23 heavy (non-hydrogen) atoms. The first-order valence-electron chi connectivity index (χ1n) is 7.72. The van der Waals surface area contributed by atoms with Gasteiger partial charge in [0, 0.05) is 31.9 Å². The van der Waals surface area contributed by atoms with Crippen LogP contribution in [0.15, 0.2) is 35.8 Å². The van der Waals surface area contributed by atoms with Crippen molar-refractivity contribution < 1.29 is 0 Å². The van der Waals surface area contributed by atoms with Crippen molar-refractivity contribution in [3.05, 3.63) is 41.3 Å². The maximum atomic E-state index is 11.8. The van der Waals surface area contributed by atoms with Gasteiger partial charge in [0.1, 0.15) is 11.8 Å². The first kappa shape index (κ1) is 13.9. The summed E-state index contributed by atoms with van der Waals surface area (Å²) >= 11 is 0. The van der Waals surface area contributed by atoms with Gasteiger partial charge in [-0.2, -0.15) is 5.10 Å². The minimum atomic E-state index is -0.0371. The third kappa shape index (κ3) is 2.67. The summed E-state index contributed by atoms with van der Waals surface area (Å²) in [4.78, 5) is 29.8. The Morgan fingerprint density at radius 2 is 2.09 bits per heavy atom. The second kappa shape index (κ2) is 5.79. The van der Waals surface area contributed by atoms with Gasteiger partial charge >= 0.3 is 0 Å². The standard InChI is InChI=1S/C15H17N7O/c23-12-2-1-5-20-22(12)8-11-3-6-21(7-4-11)15-13-14(17-9-16-13)18-10-19-15/h1-2,5,9-11H,3-4,6-8H2,(H,16,17,18,19). The smallest absolute Gasteiger partial charge is 0.266 e. The SMILES string of the molecule is O=c1cccnn1CC1CCN(c2ncnc3nc[nH]c23)CC1. The number of aromatic nitrogens is 6. The van der Waals surface area contributed by atoms with Gasteiger partial charge in [0.15, 0.2) is 11.5 Å². The number of hydrogen-bond acceptors (Lipinski definition) is 6. The highest BCUT2D eigenvalue weighted by molar-refractivity contribution is 5.82. The van der Waals surface area contributed by atoms with Crippen LogP contribution in [-0.2, 0) is 6.54 Å². The van der Waals surface area contributed by atoms with Crippen LogP contribution in [0.25, 0.3) is 11.2 Å². The fourth-order valence-electron chi connectivity index (χ4n) is 3.09. The van der Waals surface area contributed by atoms with Gasteiger partial charge in [-0.15, -0.1) is 0 Å². The zero-order valence-corrected chi connectivity index (χ0v) is 12.6. The molecule has 3 aromatic heterocycles. The van der Waals surface area contributed by atoms with Crippen LogP contribution < -0.4 is 10.5 Å². The van der Waals surface area contributed by atoms with E-state index in [2.05, 4.69) is 29.9 Å². The van der Waals surface area contributed by atoms with Crippen LogP contribution in [0.5, 0.6) is 0 Å². The zero-order valence-electron chi connectivity index (χ0n) is 12.6. The lowest BCUT2D eigenvalue weighted by Gasteiger charge is -2.32. The van der Waals surface area contributed by atoms with Gasteiger partial charge in [0.2, 0.25) is 0 Å². The van der Waals surface area contributed by atoms with E-state index >= 15 is 0 Å². The number of nitrogens with zero attached hydrogens (tertiary/aromatic N) is 6. The van der Waals surface area contributed by atoms with E-state index in [9.17, 15) is 4.79 Å². The Bertz CT molecular complexity index is 863. The van der Waals surface area contributed by atoms with Crippen LogP contribution in [-0.4, -0.2) is 42.8 Å². The lowest BCUT2D eigenvalue weighted by atomic mass is 9.97. The summed E-state index contributed by atoms with van der Waals surface area (Å²) in [6.07, 6.45) is 6.86. The number of aromatic amines is 1. The highest BCUT2D eigenvalue weighted by Gasteiger charge is 2.23. The van der Waals surface area contributed by atoms with E-state index in [0.29, 0.717) is 18.1 Å². The summed E-state index contributed by atoms with van der Waals surface area (Å²) in [5.41, 5.74) is 1.54. The predicted octanol–water partition coefficient (Wildman–Crippen LogP) is 0.826. The summed E-state index contributed by atoms with van der Waals surface area (Å²) in [6, 6.07) is 3.23. The monoisotopic (exact) mass is 311 g/mol. The Morgan fingerprint density at radius 1 is 1.22 bits per heavy atom. The maximum absolute atomic E-state index is 11.8. The molecule has 8 heteroatoms. The number of hydrogen-bond donors (Lipinski definition) is 1. The van der Waals surface area contributed by atoms with Crippen molar-refractivity contribution in [2.45, 2.75) is 19.4 Å².